The van der Waals surface area contributed by atoms with Gasteiger partial charge in [-0.2, -0.15) is 0 Å². The fraction of sp³-hybridized carbons (Fsp3) is 0.409. The minimum Gasteiger partial charge on any atom is -0.495 e. The van der Waals surface area contributed by atoms with Crippen LogP contribution >= 0.6 is 0 Å². The number of anilines is 1. The highest BCUT2D eigenvalue weighted by Gasteiger charge is 2.34. The molecule has 0 radical (unpaired) electrons. The molecule has 0 fully saturated rings. The largest absolute Gasteiger partial charge is 0.495 e. The summed E-state index contributed by atoms with van der Waals surface area (Å²) in [6.07, 6.45) is 1.06. The lowest BCUT2D eigenvalue weighted by atomic mass is 10.1. The van der Waals surface area contributed by atoms with Gasteiger partial charge in [0.15, 0.2) is 0 Å². The number of rotatable bonds is 11. The zero-order valence-electron chi connectivity index (χ0n) is 19.3. The van der Waals surface area contributed by atoms with Crippen LogP contribution < -0.4 is 19.1 Å². The van der Waals surface area contributed by atoms with Gasteiger partial charge in [0, 0.05) is 12.1 Å². The molecule has 180 valence electrons. The quantitative estimate of drug-likeness (QED) is 0.298. The number of sulfonamides is 1. The molecule has 0 aromatic heterocycles. The fourth-order valence-corrected chi connectivity index (χ4v) is 4.68. The highest BCUT2D eigenvalue weighted by Crippen LogP contribution is 2.35. The molecule has 2 aromatic rings. The number of nitrogens with one attached hydrogen (secondary N) is 1. The monoisotopic (exact) mass is 479 g/mol. The van der Waals surface area contributed by atoms with Gasteiger partial charge >= 0.3 is 0 Å². The number of non-ortho nitro benzene ring substituents is 1. The van der Waals surface area contributed by atoms with Crippen LogP contribution in [0.5, 0.6) is 11.5 Å². The maximum absolute atomic E-state index is 12.9. The van der Waals surface area contributed by atoms with Crippen molar-refractivity contribution < 1.29 is 27.6 Å². The van der Waals surface area contributed by atoms with Gasteiger partial charge in [0.25, 0.3) is 5.69 Å². The lowest BCUT2D eigenvalue weighted by Crippen LogP contribution is -2.50. The standard InChI is InChI=1S/C22H29N3O7S/c1-6-19(22(26)23-9-10-32-18-12-15(2)11-16(3)13-18)24(33(5,29)30)20-14-17(25(27)28)7-8-21(20)31-4/h7-8,11-14,19H,6,9-10H2,1-5H3,(H,23,26)/t19-/m1/s1. The Labute approximate surface area is 193 Å². The molecule has 0 saturated carbocycles. The number of amides is 1. The molecule has 33 heavy (non-hydrogen) atoms. The van der Waals surface area contributed by atoms with Crippen molar-refractivity contribution in [3.05, 3.63) is 57.6 Å². The van der Waals surface area contributed by atoms with E-state index in [-0.39, 0.29) is 36.7 Å². The van der Waals surface area contributed by atoms with Crippen LogP contribution in [0.25, 0.3) is 0 Å². The van der Waals surface area contributed by atoms with Gasteiger partial charge in [-0.25, -0.2) is 8.42 Å². The van der Waals surface area contributed by atoms with Gasteiger partial charge in [0.2, 0.25) is 15.9 Å². The predicted octanol–water partition coefficient (Wildman–Crippen LogP) is 2.96. The summed E-state index contributed by atoms with van der Waals surface area (Å²) in [7, 11) is -2.68. The number of aryl methyl sites for hydroxylation is 2. The molecule has 0 aliphatic heterocycles. The van der Waals surface area contributed by atoms with Gasteiger partial charge in [-0.3, -0.25) is 19.2 Å². The summed E-state index contributed by atoms with van der Waals surface area (Å²) >= 11 is 0. The van der Waals surface area contributed by atoms with Crippen LogP contribution in [0.15, 0.2) is 36.4 Å². The molecular formula is C22H29N3O7S. The normalized spacial score (nSPS) is 12.0. The van der Waals surface area contributed by atoms with Crippen LogP contribution in [0.3, 0.4) is 0 Å². The lowest BCUT2D eigenvalue weighted by Gasteiger charge is -2.30. The Hall–Kier alpha value is -3.34. The van der Waals surface area contributed by atoms with Crippen molar-refractivity contribution in [3.63, 3.8) is 0 Å². The molecule has 0 unspecified atom stereocenters. The number of carbonyl (C=O) groups is 1. The molecule has 1 N–H and O–H groups in total. The number of ether oxygens (including phenoxy) is 2. The Balaban J connectivity index is 2.22. The minimum absolute atomic E-state index is 0.0808. The van der Waals surface area contributed by atoms with Gasteiger partial charge in [0.1, 0.15) is 29.8 Å². The minimum atomic E-state index is -3.99. The second-order valence-electron chi connectivity index (χ2n) is 7.56. The van der Waals surface area contributed by atoms with E-state index in [4.69, 9.17) is 9.47 Å². The van der Waals surface area contributed by atoms with E-state index >= 15 is 0 Å². The van der Waals surface area contributed by atoms with E-state index in [0.717, 1.165) is 27.8 Å². The molecule has 11 heteroatoms. The number of nitro benzene ring substituents is 1. The van der Waals surface area contributed by atoms with Gasteiger partial charge in [0.05, 0.1) is 24.8 Å². The molecule has 0 aliphatic carbocycles. The second-order valence-corrected chi connectivity index (χ2v) is 9.42. The zero-order valence-corrected chi connectivity index (χ0v) is 20.1. The molecule has 0 spiro atoms. The molecule has 0 aliphatic rings. The first-order valence-corrected chi connectivity index (χ1v) is 12.1. The van der Waals surface area contributed by atoms with Crippen molar-refractivity contribution in [1.82, 2.24) is 5.32 Å². The average Bonchev–Trinajstić information content (AvgIpc) is 2.72. The van der Waals surface area contributed by atoms with Crippen molar-refractivity contribution in [1.29, 1.82) is 0 Å². The van der Waals surface area contributed by atoms with E-state index in [2.05, 4.69) is 5.32 Å². The lowest BCUT2D eigenvalue weighted by molar-refractivity contribution is -0.384. The van der Waals surface area contributed by atoms with Gasteiger partial charge in [-0.15, -0.1) is 0 Å². The number of hydrogen-bond donors (Lipinski definition) is 1. The van der Waals surface area contributed by atoms with E-state index in [9.17, 15) is 23.3 Å². The van der Waals surface area contributed by atoms with Crippen LogP contribution in [0.4, 0.5) is 11.4 Å². The van der Waals surface area contributed by atoms with E-state index in [1.54, 1.807) is 6.92 Å². The van der Waals surface area contributed by atoms with Crippen molar-refractivity contribution in [2.45, 2.75) is 33.2 Å². The van der Waals surface area contributed by atoms with Crippen molar-refractivity contribution in [3.8, 4) is 11.5 Å². The van der Waals surface area contributed by atoms with Crippen LogP contribution in [-0.2, 0) is 14.8 Å². The Kier molecular flexibility index (Phi) is 8.63. The molecule has 1 amide bonds. The molecule has 1 atom stereocenters. The van der Waals surface area contributed by atoms with E-state index in [1.165, 1.54) is 19.2 Å². The summed E-state index contributed by atoms with van der Waals surface area (Å²) in [5.74, 6) is 0.212. The molecule has 10 nitrogen and oxygen atoms in total. The maximum Gasteiger partial charge on any atom is 0.271 e. The number of benzene rings is 2. The predicted molar refractivity (Wildman–Crippen MR) is 125 cm³/mol. The van der Waals surface area contributed by atoms with Crippen molar-refractivity contribution in [2.75, 3.05) is 30.8 Å². The number of methoxy groups -OCH3 is 1. The maximum atomic E-state index is 12.9. The molecule has 0 saturated heterocycles. The average molecular weight is 480 g/mol. The van der Waals surface area contributed by atoms with E-state index in [1.807, 2.05) is 32.0 Å². The van der Waals surface area contributed by atoms with Gasteiger partial charge in [-0.05, 0) is 49.6 Å². The van der Waals surface area contributed by atoms with Crippen LogP contribution in [0.1, 0.15) is 24.5 Å². The molecule has 0 heterocycles. The first-order valence-electron chi connectivity index (χ1n) is 10.3. The summed E-state index contributed by atoms with van der Waals surface area (Å²) in [5.41, 5.74) is 1.70. The van der Waals surface area contributed by atoms with E-state index in [0.29, 0.717) is 5.75 Å². The van der Waals surface area contributed by atoms with Gasteiger partial charge < -0.3 is 14.8 Å². The summed E-state index contributed by atoms with van der Waals surface area (Å²) in [6.45, 7) is 5.89. The SMILES string of the molecule is CC[C@H](C(=O)NCCOc1cc(C)cc(C)c1)N(c1cc([N+](=O)[O-])ccc1OC)S(C)(=O)=O. The zero-order chi connectivity index (χ0) is 24.8. The topological polar surface area (TPSA) is 128 Å². The number of carbonyl (C=O) groups excluding carboxylic acids is 1. The Morgan fingerprint density at radius 1 is 1.18 bits per heavy atom. The third-order valence-corrected chi connectivity index (χ3v) is 5.97. The number of nitro groups is 1. The van der Waals surface area contributed by atoms with Crippen LogP contribution in [-0.4, -0.2) is 51.8 Å². The van der Waals surface area contributed by atoms with E-state index < -0.39 is 26.9 Å². The molecule has 2 rings (SSSR count). The molecule has 2 aromatic carbocycles. The summed E-state index contributed by atoms with van der Waals surface area (Å²) in [6, 6.07) is 8.22. The third kappa shape index (κ3) is 6.82. The Bertz CT molecular complexity index is 1100. The Morgan fingerprint density at radius 3 is 2.33 bits per heavy atom. The number of nitrogens with zero attached hydrogens (tertiary/aromatic N) is 2. The number of hydrogen-bond acceptors (Lipinski definition) is 7. The van der Waals surface area contributed by atoms with Crippen molar-refractivity contribution >= 4 is 27.3 Å². The first kappa shape index (κ1) is 25.9. The molecule has 0 bridgehead atoms. The summed E-state index contributed by atoms with van der Waals surface area (Å²) in [4.78, 5) is 23.5. The second kappa shape index (κ2) is 11.0. The van der Waals surface area contributed by atoms with Crippen LogP contribution in [0, 0.1) is 24.0 Å². The first-order chi connectivity index (χ1) is 15.5. The third-order valence-electron chi connectivity index (χ3n) is 4.81. The Morgan fingerprint density at radius 2 is 1.82 bits per heavy atom. The highest BCUT2D eigenvalue weighted by molar-refractivity contribution is 7.92. The highest BCUT2D eigenvalue weighted by atomic mass is 32.2. The molecular weight excluding hydrogens is 450 g/mol. The van der Waals surface area contributed by atoms with Crippen LogP contribution in [0.2, 0.25) is 0 Å². The van der Waals surface area contributed by atoms with Gasteiger partial charge in [-0.1, -0.05) is 13.0 Å². The van der Waals surface area contributed by atoms with Crippen molar-refractivity contribution in [2.24, 2.45) is 0 Å². The fourth-order valence-electron chi connectivity index (χ4n) is 3.48. The summed E-state index contributed by atoms with van der Waals surface area (Å²) in [5, 5.41) is 13.9. The summed E-state index contributed by atoms with van der Waals surface area (Å²) < 4.78 is 37.1. The smallest absolute Gasteiger partial charge is 0.271 e.